The number of hydrogen-bond acceptors (Lipinski definition) is 4. The molecule has 8 aliphatic rings. The van der Waals surface area contributed by atoms with Gasteiger partial charge in [0.05, 0.1) is 8.47 Å². The number of thioether (sulfide) groups is 4. The minimum atomic E-state index is 0.349. The Hall–Kier alpha value is -1.98. The SMILES string of the molecule is CC(C)C1CC2C=CC1c1cc3cc4c(cc3cc12)S/C(=C1/Sc2cc3cc5c(cc3cc2S1)C1C=CC5CC1(C)C)S4. The third-order valence-corrected chi connectivity index (χ3v) is 16.8. The molecule has 0 spiro atoms. The van der Waals surface area contributed by atoms with Gasteiger partial charge in [0.15, 0.2) is 0 Å². The Morgan fingerprint density at radius 1 is 0.581 bits per heavy atom. The van der Waals surface area contributed by atoms with Crippen LogP contribution in [0.15, 0.2) is 101 Å². The average molecular weight is 631 g/mol. The molecule has 4 heteroatoms. The molecule has 0 radical (unpaired) electrons. The predicted octanol–water partition coefficient (Wildman–Crippen LogP) is 12.8. The first-order chi connectivity index (χ1) is 20.8. The van der Waals surface area contributed by atoms with Crippen LogP contribution in [0.1, 0.15) is 86.5 Å². The maximum atomic E-state index is 2.54. The molecule has 0 aromatic heterocycles. The largest absolute Gasteiger partial charge is 0.0804 e. The zero-order chi connectivity index (χ0) is 28.8. The van der Waals surface area contributed by atoms with Crippen LogP contribution in [-0.4, -0.2) is 0 Å². The van der Waals surface area contributed by atoms with E-state index in [0.717, 1.165) is 11.8 Å². The Labute approximate surface area is 271 Å². The second-order valence-electron chi connectivity index (χ2n) is 14.6. The molecule has 6 aliphatic carbocycles. The predicted molar refractivity (Wildman–Crippen MR) is 189 cm³/mol. The number of hydrogen-bond donors (Lipinski definition) is 0. The maximum absolute atomic E-state index is 2.54. The molecule has 43 heavy (non-hydrogen) atoms. The van der Waals surface area contributed by atoms with Gasteiger partial charge in [-0.15, -0.1) is 0 Å². The standard InChI is InChI=1S/C39H34S4/c1-19(2)27-9-20-5-7-26(27)30-12-24-16-35-33(14-22(24)10-28(20)30)40-37(42-35)38-41-34-15-23-11-29-21-6-8-32(39(3,4)18-21)31(29)13-25(23)17-36(34)43-38/h5-8,10-17,19-21,26-27,32H,9,18H2,1-4H3/b38-37+. The Morgan fingerprint density at radius 2 is 1.07 bits per heavy atom. The lowest BCUT2D eigenvalue weighted by molar-refractivity contribution is 0.251. The van der Waals surface area contributed by atoms with Crippen molar-refractivity contribution in [3.05, 3.63) is 104 Å². The molecule has 5 unspecified atom stereocenters. The van der Waals surface area contributed by atoms with Gasteiger partial charge in [-0.2, -0.15) is 0 Å². The van der Waals surface area contributed by atoms with E-state index in [4.69, 9.17) is 0 Å². The van der Waals surface area contributed by atoms with Crippen molar-refractivity contribution in [2.24, 2.45) is 17.3 Å². The summed E-state index contributed by atoms with van der Waals surface area (Å²) in [5, 5.41) is 5.64. The van der Waals surface area contributed by atoms with Gasteiger partial charge in [-0.3, -0.25) is 0 Å². The molecule has 214 valence electrons. The van der Waals surface area contributed by atoms with Gasteiger partial charge in [0.2, 0.25) is 0 Å². The third-order valence-electron chi connectivity index (χ3n) is 11.2. The molecule has 0 nitrogen and oxygen atoms in total. The van der Waals surface area contributed by atoms with Crippen molar-refractivity contribution in [3.63, 3.8) is 0 Å². The van der Waals surface area contributed by atoms with E-state index in [-0.39, 0.29) is 0 Å². The number of allylic oxidation sites excluding steroid dienone is 4. The highest BCUT2D eigenvalue weighted by Crippen LogP contribution is 2.63. The lowest BCUT2D eigenvalue weighted by Crippen LogP contribution is -2.32. The van der Waals surface area contributed by atoms with E-state index < -0.39 is 0 Å². The van der Waals surface area contributed by atoms with Crippen LogP contribution in [0.25, 0.3) is 21.5 Å². The molecular formula is C39H34S4. The summed E-state index contributed by atoms with van der Waals surface area (Å²) < 4.78 is 2.91. The monoisotopic (exact) mass is 630 g/mol. The van der Waals surface area contributed by atoms with Crippen molar-refractivity contribution in [1.29, 1.82) is 0 Å². The molecule has 0 N–H and O–H groups in total. The van der Waals surface area contributed by atoms with Gasteiger partial charge in [0, 0.05) is 43.3 Å². The number of rotatable bonds is 1. The smallest absolute Gasteiger partial charge is 0.0706 e. The molecule has 2 heterocycles. The molecule has 4 aromatic rings. The minimum Gasteiger partial charge on any atom is -0.0804 e. The van der Waals surface area contributed by atoms with Gasteiger partial charge in [0.25, 0.3) is 0 Å². The van der Waals surface area contributed by atoms with Crippen molar-refractivity contribution in [1.82, 2.24) is 0 Å². The van der Waals surface area contributed by atoms with Crippen LogP contribution in [0, 0.1) is 17.3 Å². The zero-order valence-electron chi connectivity index (χ0n) is 24.9. The van der Waals surface area contributed by atoms with Crippen LogP contribution in [-0.2, 0) is 0 Å². The second kappa shape index (κ2) is 9.06. The normalized spacial score (nSPS) is 30.4. The van der Waals surface area contributed by atoms with E-state index in [1.165, 1.54) is 62.4 Å². The summed E-state index contributed by atoms with van der Waals surface area (Å²) in [5.74, 6) is 3.79. The van der Waals surface area contributed by atoms with E-state index >= 15 is 0 Å². The molecule has 0 saturated carbocycles. The fourth-order valence-electron chi connectivity index (χ4n) is 8.99. The lowest BCUT2D eigenvalue weighted by atomic mass is 9.58. The van der Waals surface area contributed by atoms with Crippen LogP contribution in [0.2, 0.25) is 0 Å². The van der Waals surface area contributed by atoms with Crippen molar-refractivity contribution in [2.75, 3.05) is 0 Å². The fourth-order valence-corrected chi connectivity index (χ4v) is 14.4. The van der Waals surface area contributed by atoms with Gasteiger partial charge in [0.1, 0.15) is 0 Å². The van der Waals surface area contributed by atoms with Gasteiger partial charge in [-0.1, -0.05) is 123 Å². The van der Waals surface area contributed by atoms with Gasteiger partial charge in [-0.05, 0) is 98.2 Å². The fraction of sp³-hybridized carbons (Fsp3) is 0.333. The summed E-state index contributed by atoms with van der Waals surface area (Å²) in [4.78, 5) is 5.71. The maximum Gasteiger partial charge on any atom is 0.0706 e. The zero-order valence-corrected chi connectivity index (χ0v) is 28.2. The Kier molecular flexibility index (Phi) is 5.53. The highest BCUT2D eigenvalue weighted by Gasteiger charge is 2.42. The van der Waals surface area contributed by atoms with Crippen molar-refractivity contribution >= 4 is 68.6 Å². The van der Waals surface area contributed by atoms with Crippen LogP contribution < -0.4 is 0 Å². The van der Waals surface area contributed by atoms with E-state index in [1.54, 1.807) is 22.3 Å². The highest BCUT2D eigenvalue weighted by atomic mass is 32.2. The van der Waals surface area contributed by atoms with Gasteiger partial charge in [-0.25, -0.2) is 0 Å². The molecule has 5 atom stereocenters. The van der Waals surface area contributed by atoms with E-state index in [1.807, 2.05) is 47.0 Å². The van der Waals surface area contributed by atoms with Gasteiger partial charge < -0.3 is 0 Å². The van der Waals surface area contributed by atoms with Crippen LogP contribution in [0.4, 0.5) is 0 Å². The van der Waals surface area contributed by atoms with Crippen LogP contribution in [0.3, 0.4) is 0 Å². The first-order valence-corrected chi connectivity index (χ1v) is 19.1. The summed E-state index contributed by atoms with van der Waals surface area (Å²) in [6, 6.07) is 20.0. The average Bonchev–Trinajstić information content (AvgIpc) is 3.60. The van der Waals surface area contributed by atoms with E-state index in [2.05, 4.69) is 101 Å². The highest BCUT2D eigenvalue weighted by molar-refractivity contribution is 8.30. The summed E-state index contributed by atoms with van der Waals surface area (Å²) in [6.07, 6.45) is 12.5. The Bertz CT molecular complexity index is 2020. The third kappa shape index (κ3) is 3.82. The molecule has 0 fully saturated rings. The second-order valence-corrected chi connectivity index (χ2v) is 19.3. The summed E-state index contributed by atoms with van der Waals surface area (Å²) in [5.41, 5.74) is 6.67. The van der Waals surface area contributed by atoms with Crippen molar-refractivity contribution < 1.29 is 0 Å². The molecule has 0 saturated heterocycles. The van der Waals surface area contributed by atoms with Crippen molar-refractivity contribution in [2.45, 2.75) is 83.8 Å². The van der Waals surface area contributed by atoms with Crippen molar-refractivity contribution in [3.8, 4) is 0 Å². The number of fused-ring (bicyclic) bond motifs is 6. The summed E-state index contributed by atoms with van der Waals surface area (Å²) in [6.45, 7) is 9.71. The van der Waals surface area contributed by atoms with Crippen LogP contribution in [0.5, 0.6) is 0 Å². The molecule has 2 aliphatic heterocycles. The minimum absolute atomic E-state index is 0.349. The molecule has 4 bridgehead atoms. The van der Waals surface area contributed by atoms with E-state index in [0.29, 0.717) is 29.1 Å². The molecular weight excluding hydrogens is 597 g/mol. The molecule has 0 amide bonds. The topological polar surface area (TPSA) is 0 Å². The lowest BCUT2D eigenvalue weighted by Gasteiger charge is -2.46. The Balaban J connectivity index is 0.983. The molecule has 4 aromatic carbocycles. The summed E-state index contributed by atoms with van der Waals surface area (Å²) in [7, 11) is 0. The first kappa shape index (κ1) is 26.3. The summed E-state index contributed by atoms with van der Waals surface area (Å²) >= 11 is 7.95. The first-order valence-electron chi connectivity index (χ1n) is 15.8. The van der Waals surface area contributed by atoms with Gasteiger partial charge >= 0.3 is 0 Å². The van der Waals surface area contributed by atoms with Crippen LogP contribution >= 0.6 is 47.0 Å². The quantitative estimate of drug-likeness (QED) is 0.192. The Morgan fingerprint density at radius 3 is 1.60 bits per heavy atom. The van der Waals surface area contributed by atoms with E-state index in [9.17, 15) is 0 Å². The molecule has 12 rings (SSSR count). The number of benzene rings is 4.